The highest BCUT2D eigenvalue weighted by Crippen LogP contribution is 2.21. The SMILES string of the molecule is C/C(=N/NC(=O)CSc1nc2ccccc2c(=O)n1-c1ccccc1)c1ccc(Cl)cc1. The average Bonchev–Trinajstić information content (AvgIpc) is 2.82. The molecule has 0 bridgehead atoms. The molecule has 160 valence electrons. The molecule has 1 amide bonds. The topological polar surface area (TPSA) is 76.3 Å². The highest BCUT2D eigenvalue weighted by molar-refractivity contribution is 7.99. The third-order valence-electron chi connectivity index (χ3n) is 4.70. The number of amides is 1. The van der Waals surface area contributed by atoms with Gasteiger partial charge in [-0.1, -0.05) is 65.8 Å². The number of thioether (sulfide) groups is 1. The Bertz CT molecular complexity index is 1350. The number of hydrogen-bond donors (Lipinski definition) is 1. The van der Waals surface area contributed by atoms with Crippen LogP contribution in [0.4, 0.5) is 0 Å². The van der Waals surface area contributed by atoms with Crippen LogP contribution in [0, 0.1) is 0 Å². The van der Waals surface area contributed by atoms with Gasteiger partial charge < -0.3 is 0 Å². The number of carbonyl (C=O) groups is 1. The van der Waals surface area contributed by atoms with E-state index in [9.17, 15) is 9.59 Å². The predicted molar refractivity (Wildman–Crippen MR) is 130 cm³/mol. The maximum Gasteiger partial charge on any atom is 0.266 e. The van der Waals surface area contributed by atoms with Crippen LogP contribution >= 0.6 is 23.4 Å². The van der Waals surface area contributed by atoms with Crippen molar-refractivity contribution in [1.29, 1.82) is 0 Å². The number of nitrogens with zero attached hydrogens (tertiary/aromatic N) is 3. The number of aromatic nitrogens is 2. The predicted octanol–water partition coefficient (Wildman–Crippen LogP) is 4.67. The molecule has 8 heteroatoms. The highest BCUT2D eigenvalue weighted by Gasteiger charge is 2.14. The Morgan fingerprint density at radius 2 is 1.72 bits per heavy atom. The summed E-state index contributed by atoms with van der Waals surface area (Å²) < 4.78 is 1.53. The number of nitrogens with one attached hydrogen (secondary N) is 1. The molecule has 0 spiro atoms. The minimum atomic E-state index is -0.301. The standard InChI is InChI=1S/C24H19ClN4O2S/c1-16(17-11-13-18(25)14-12-17)27-28-22(30)15-32-24-26-21-10-6-5-9-20(21)23(31)29(24)19-7-3-2-4-8-19/h2-14H,15H2,1H3,(H,28,30)/b27-16-. The van der Waals surface area contributed by atoms with Crippen molar-refractivity contribution in [3.05, 3.63) is 99.8 Å². The fourth-order valence-electron chi connectivity index (χ4n) is 3.08. The van der Waals surface area contributed by atoms with Crippen LogP contribution in [0.2, 0.25) is 5.02 Å². The third kappa shape index (κ3) is 4.90. The first-order valence-electron chi connectivity index (χ1n) is 9.82. The average molecular weight is 463 g/mol. The number of benzene rings is 3. The van der Waals surface area contributed by atoms with Gasteiger partial charge in [-0.2, -0.15) is 5.10 Å². The normalized spacial score (nSPS) is 11.5. The van der Waals surface area contributed by atoms with Gasteiger partial charge in [-0.25, -0.2) is 10.4 Å². The van der Waals surface area contributed by atoms with E-state index in [0.717, 1.165) is 5.56 Å². The van der Waals surface area contributed by atoms with Crippen LogP contribution in [-0.2, 0) is 4.79 Å². The fraction of sp³-hybridized carbons (Fsp3) is 0.0833. The monoisotopic (exact) mass is 462 g/mol. The van der Waals surface area contributed by atoms with E-state index in [4.69, 9.17) is 11.6 Å². The van der Waals surface area contributed by atoms with Gasteiger partial charge in [0.2, 0.25) is 0 Å². The van der Waals surface area contributed by atoms with Crippen LogP contribution in [0.25, 0.3) is 16.6 Å². The van der Waals surface area contributed by atoms with Crippen molar-refractivity contribution in [2.75, 3.05) is 5.75 Å². The van der Waals surface area contributed by atoms with E-state index in [-0.39, 0.29) is 17.2 Å². The van der Waals surface area contributed by atoms with E-state index in [1.807, 2.05) is 54.6 Å². The van der Waals surface area contributed by atoms with Gasteiger partial charge in [-0.05, 0) is 48.9 Å². The Balaban J connectivity index is 1.56. The first-order chi connectivity index (χ1) is 15.5. The van der Waals surface area contributed by atoms with Crippen LogP contribution in [0.3, 0.4) is 0 Å². The molecule has 0 aliphatic carbocycles. The molecule has 1 aromatic heterocycles. The molecule has 0 unspecified atom stereocenters. The number of rotatable bonds is 6. The molecule has 0 saturated heterocycles. The fourth-order valence-corrected chi connectivity index (χ4v) is 4.01. The Hall–Kier alpha value is -3.42. The zero-order chi connectivity index (χ0) is 22.5. The van der Waals surface area contributed by atoms with Crippen LogP contribution in [0.1, 0.15) is 12.5 Å². The highest BCUT2D eigenvalue weighted by atomic mass is 35.5. The van der Waals surface area contributed by atoms with Crippen molar-refractivity contribution < 1.29 is 4.79 Å². The summed E-state index contributed by atoms with van der Waals surface area (Å²) in [6.07, 6.45) is 0. The number of hydrogen-bond acceptors (Lipinski definition) is 5. The second-order valence-electron chi connectivity index (χ2n) is 6.92. The van der Waals surface area contributed by atoms with Crippen LogP contribution in [0.5, 0.6) is 0 Å². The van der Waals surface area contributed by atoms with Gasteiger partial charge in [0.25, 0.3) is 11.5 Å². The van der Waals surface area contributed by atoms with Gasteiger partial charge in [0.05, 0.1) is 28.1 Å². The molecular weight excluding hydrogens is 444 g/mol. The molecule has 0 saturated carbocycles. The zero-order valence-electron chi connectivity index (χ0n) is 17.2. The summed E-state index contributed by atoms with van der Waals surface area (Å²) in [7, 11) is 0. The van der Waals surface area contributed by atoms with Crippen molar-refractivity contribution in [2.24, 2.45) is 5.10 Å². The van der Waals surface area contributed by atoms with Crippen molar-refractivity contribution >= 4 is 45.9 Å². The summed E-state index contributed by atoms with van der Waals surface area (Å²) in [4.78, 5) is 30.2. The Morgan fingerprint density at radius 3 is 2.47 bits per heavy atom. The van der Waals surface area contributed by atoms with Crippen molar-refractivity contribution in [3.63, 3.8) is 0 Å². The van der Waals surface area contributed by atoms with Gasteiger partial charge >= 0.3 is 0 Å². The summed E-state index contributed by atoms with van der Waals surface area (Å²) in [5.74, 6) is -0.250. The van der Waals surface area contributed by atoms with Crippen molar-refractivity contribution in [2.45, 2.75) is 12.1 Å². The molecule has 0 radical (unpaired) electrons. The molecule has 1 N–H and O–H groups in total. The van der Waals surface area contributed by atoms with Crippen LogP contribution in [0.15, 0.2) is 93.9 Å². The summed E-state index contributed by atoms with van der Waals surface area (Å²) >= 11 is 7.09. The molecule has 6 nitrogen and oxygen atoms in total. The smallest absolute Gasteiger partial charge is 0.266 e. The van der Waals surface area contributed by atoms with E-state index in [2.05, 4.69) is 15.5 Å². The number of fused-ring (bicyclic) bond motifs is 1. The molecule has 3 aromatic carbocycles. The number of para-hydroxylation sites is 2. The lowest BCUT2D eigenvalue weighted by atomic mass is 10.1. The third-order valence-corrected chi connectivity index (χ3v) is 5.89. The van der Waals surface area contributed by atoms with Gasteiger partial charge in [-0.15, -0.1) is 0 Å². The lowest BCUT2D eigenvalue weighted by molar-refractivity contribution is -0.118. The summed E-state index contributed by atoms with van der Waals surface area (Å²) in [5.41, 5.74) is 5.17. The Kier molecular flexibility index (Phi) is 6.68. The maximum absolute atomic E-state index is 13.2. The van der Waals surface area contributed by atoms with E-state index in [0.29, 0.717) is 32.5 Å². The number of halogens is 1. The first kappa shape index (κ1) is 21.8. The van der Waals surface area contributed by atoms with Crippen molar-refractivity contribution in [1.82, 2.24) is 15.0 Å². The number of carbonyl (C=O) groups excluding carboxylic acids is 1. The summed E-state index contributed by atoms with van der Waals surface area (Å²) in [6.45, 7) is 1.80. The minimum Gasteiger partial charge on any atom is -0.272 e. The van der Waals surface area contributed by atoms with Gasteiger partial charge in [0.15, 0.2) is 5.16 Å². The molecule has 0 atom stereocenters. The van der Waals surface area contributed by atoms with E-state index in [1.165, 1.54) is 16.3 Å². The van der Waals surface area contributed by atoms with Gasteiger partial charge in [-0.3, -0.25) is 14.2 Å². The lowest BCUT2D eigenvalue weighted by Crippen LogP contribution is -2.24. The molecule has 0 aliphatic heterocycles. The molecule has 0 fully saturated rings. The first-order valence-corrected chi connectivity index (χ1v) is 11.2. The van der Waals surface area contributed by atoms with E-state index >= 15 is 0 Å². The van der Waals surface area contributed by atoms with Gasteiger partial charge in [0, 0.05) is 5.02 Å². The summed E-state index contributed by atoms with van der Waals surface area (Å²) in [5, 5.41) is 5.75. The van der Waals surface area contributed by atoms with Crippen molar-refractivity contribution in [3.8, 4) is 5.69 Å². The second-order valence-corrected chi connectivity index (χ2v) is 8.29. The quantitative estimate of drug-likeness (QED) is 0.195. The molecule has 1 heterocycles. The Labute approximate surface area is 194 Å². The van der Waals surface area contributed by atoms with Gasteiger partial charge in [0.1, 0.15) is 0 Å². The Morgan fingerprint density at radius 1 is 1.03 bits per heavy atom. The van der Waals surface area contributed by atoms with Crippen LogP contribution < -0.4 is 11.0 Å². The molecule has 4 aromatic rings. The molecule has 4 rings (SSSR count). The number of hydrazone groups is 1. The van der Waals surface area contributed by atoms with E-state index in [1.54, 1.807) is 31.2 Å². The lowest BCUT2D eigenvalue weighted by Gasteiger charge is -2.13. The summed E-state index contributed by atoms with van der Waals surface area (Å²) in [6, 6.07) is 23.6. The molecule has 0 aliphatic rings. The zero-order valence-corrected chi connectivity index (χ0v) is 18.7. The largest absolute Gasteiger partial charge is 0.272 e. The maximum atomic E-state index is 13.2. The van der Waals surface area contributed by atoms with E-state index < -0.39 is 0 Å². The second kappa shape index (κ2) is 9.80. The minimum absolute atomic E-state index is 0.0506. The molecule has 32 heavy (non-hydrogen) atoms. The molecular formula is C24H19ClN4O2S. The van der Waals surface area contributed by atoms with Crippen LogP contribution in [-0.4, -0.2) is 26.9 Å².